The lowest BCUT2D eigenvalue weighted by molar-refractivity contribution is -0.116. The molecule has 0 aliphatic carbocycles. The SMILES string of the molecule is O=C(CCC(Cl)CC#CCN1CCCC1)Nc1cc(F)c(=O)n(CCF)c1. The molecule has 148 valence electrons. The van der Waals surface area contributed by atoms with Gasteiger partial charge < -0.3 is 9.88 Å². The predicted molar refractivity (Wildman–Crippen MR) is 102 cm³/mol. The van der Waals surface area contributed by atoms with Gasteiger partial charge in [-0.25, -0.2) is 8.78 Å². The van der Waals surface area contributed by atoms with E-state index in [2.05, 4.69) is 22.1 Å². The molecule has 1 N–H and O–H groups in total. The monoisotopic (exact) mass is 399 g/mol. The predicted octanol–water partition coefficient (Wildman–Crippen LogP) is 2.77. The van der Waals surface area contributed by atoms with Crippen LogP contribution in [0.2, 0.25) is 0 Å². The van der Waals surface area contributed by atoms with Crippen molar-refractivity contribution >= 4 is 23.2 Å². The molecule has 1 aromatic heterocycles. The molecule has 0 spiro atoms. The first kappa shape index (κ1) is 21.4. The van der Waals surface area contributed by atoms with Crippen LogP contribution in [0.1, 0.15) is 32.1 Å². The van der Waals surface area contributed by atoms with E-state index in [0.29, 0.717) is 12.8 Å². The quantitative estimate of drug-likeness (QED) is 0.540. The largest absolute Gasteiger partial charge is 0.325 e. The second kappa shape index (κ2) is 11.1. The summed E-state index contributed by atoms with van der Waals surface area (Å²) in [6, 6.07) is 0.928. The summed E-state index contributed by atoms with van der Waals surface area (Å²) < 4.78 is 26.9. The van der Waals surface area contributed by atoms with Gasteiger partial charge in [0.1, 0.15) is 6.67 Å². The summed E-state index contributed by atoms with van der Waals surface area (Å²) in [6.07, 6.45) is 4.75. The zero-order valence-electron chi connectivity index (χ0n) is 15.1. The molecule has 0 saturated carbocycles. The molecule has 0 bridgehead atoms. The molecule has 1 aliphatic heterocycles. The molecule has 1 saturated heterocycles. The minimum absolute atomic E-state index is 0.113. The van der Waals surface area contributed by atoms with Crippen LogP contribution in [-0.2, 0) is 11.3 Å². The summed E-state index contributed by atoms with van der Waals surface area (Å²) >= 11 is 6.19. The van der Waals surface area contributed by atoms with Gasteiger partial charge in [-0.15, -0.1) is 17.5 Å². The van der Waals surface area contributed by atoms with Gasteiger partial charge in [-0.1, -0.05) is 5.92 Å². The van der Waals surface area contributed by atoms with Crippen LogP contribution in [0.4, 0.5) is 14.5 Å². The van der Waals surface area contributed by atoms with E-state index in [-0.39, 0.29) is 29.9 Å². The Bertz CT molecular complexity index is 752. The summed E-state index contributed by atoms with van der Waals surface area (Å²) in [6.45, 7) is 1.88. The molecule has 2 rings (SSSR count). The summed E-state index contributed by atoms with van der Waals surface area (Å²) in [5.41, 5.74) is -0.805. The fourth-order valence-electron chi connectivity index (χ4n) is 2.83. The molecule has 1 atom stereocenters. The zero-order valence-corrected chi connectivity index (χ0v) is 15.9. The molecule has 27 heavy (non-hydrogen) atoms. The summed E-state index contributed by atoms with van der Waals surface area (Å²) in [5.74, 6) is 4.76. The Morgan fingerprint density at radius 3 is 2.78 bits per heavy atom. The number of rotatable bonds is 8. The number of carbonyl (C=O) groups excluding carboxylic acids is 1. The number of alkyl halides is 2. The molecule has 0 radical (unpaired) electrons. The van der Waals surface area contributed by atoms with Crippen LogP contribution in [0.25, 0.3) is 0 Å². The van der Waals surface area contributed by atoms with Gasteiger partial charge in [0.15, 0.2) is 5.82 Å². The van der Waals surface area contributed by atoms with Gasteiger partial charge in [0.25, 0.3) is 5.56 Å². The van der Waals surface area contributed by atoms with Crippen molar-refractivity contribution in [3.63, 3.8) is 0 Å². The Morgan fingerprint density at radius 2 is 2.07 bits per heavy atom. The molecule has 1 aromatic rings. The van der Waals surface area contributed by atoms with Gasteiger partial charge in [-0.05, 0) is 32.4 Å². The van der Waals surface area contributed by atoms with Gasteiger partial charge >= 0.3 is 0 Å². The molecule has 8 heteroatoms. The molecule has 1 unspecified atom stereocenters. The van der Waals surface area contributed by atoms with E-state index in [1.165, 1.54) is 19.0 Å². The van der Waals surface area contributed by atoms with Crippen molar-refractivity contribution in [1.29, 1.82) is 0 Å². The Morgan fingerprint density at radius 1 is 1.33 bits per heavy atom. The fraction of sp³-hybridized carbons (Fsp3) is 0.579. The Kier molecular flexibility index (Phi) is 8.76. The summed E-state index contributed by atoms with van der Waals surface area (Å²) in [4.78, 5) is 25.8. The lowest BCUT2D eigenvalue weighted by Crippen LogP contribution is -2.25. The first-order valence-corrected chi connectivity index (χ1v) is 9.51. The van der Waals surface area contributed by atoms with Crippen molar-refractivity contribution in [3.8, 4) is 11.8 Å². The zero-order chi connectivity index (χ0) is 19.6. The van der Waals surface area contributed by atoms with Gasteiger partial charge in [0.05, 0.1) is 18.8 Å². The van der Waals surface area contributed by atoms with Crippen LogP contribution in [0.5, 0.6) is 0 Å². The van der Waals surface area contributed by atoms with E-state index < -0.39 is 18.1 Å². The van der Waals surface area contributed by atoms with Gasteiger partial charge in [0.2, 0.25) is 5.91 Å². The fourth-order valence-corrected chi connectivity index (χ4v) is 3.02. The topological polar surface area (TPSA) is 54.3 Å². The van der Waals surface area contributed by atoms with Crippen LogP contribution in [-0.4, -0.2) is 47.1 Å². The lowest BCUT2D eigenvalue weighted by atomic mass is 10.2. The van der Waals surface area contributed by atoms with Crippen molar-refractivity contribution < 1.29 is 13.6 Å². The number of hydrogen-bond acceptors (Lipinski definition) is 3. The van der Waals surface area contributed by atoms with Gasteiger partial charge in [-0.3, -0.25) is 14.5 Å². The standard InChI is InChI=1S/C19H24ClF2N3O2/c20-15(5-1-2-9-24-10-3-4-11-24)6-7-18(26)23-16-13-17(22)19(27)25(14-16)12-8-21/h13-15H,3-12H2,(H,23,26). The number of likely N-dealkylation sites (tertiary alicyclic amines) is 1. The van der Waals surface area contributed by atoms with E-state index in [1.54, 1.807) is 0 Å². The number of halogens is 3. The van der Waals surface area contributed by atoms with Crippen molar-refractivity contribution in [1.82, 2.24) is 9.47 Å². The number of pyridine rings is 1. The minimum atomic E-state index is -1.04. The van der Waals surface area contributed by atoms with Gasteiger partial charge in [-0.2, -0.15) is 0 Å². The average Bonchev–Trinajstić information content (AvgIpc) is 3.15. The maximum absolute atomic E-state index is 13.6. The average molecular weight is 400 g/mol. The van der Waals surface area contributed by atoms with E-state index in [9.17, 15) is 18.4 Å². The van der Waals surface area contributed by atoms with Crippen LogP contribution in [0, 0.1) is 17.7 Å². The van der Waals surface area contributed by atoms with Crippen molar-refractivity contribution in [2.24, 2.45) is 0 Å². The lowest BCUT2D eigenvalue weighted by Gasteiger charge is -2.10. The molecule has 0 aromatic carbocycles. The first-order valence-electron chi connectivity index (χ1n) is 9.07. The van der Waals surface area contributed by atoms with Crippen LogP contribution in [0.3, 0.4) is 0 Å². The third kappa shape index (κ3) is 7.31. The number of anilines is 1. The third-order valence-corrected chi connectivity index (χ3v) is 4.66. The van der Waals surface area contributed by atoms with E-state index in [4.69, 9.17) is 11.6 Å². The summed E-state index contributed by atoms with van der Waals surface area (Å²) in [5, 5.41) is 2.26. The van der Waals surface area contributed by atoms with E-state index in [1.807, 2.05) is 0 Å². The minimum Gasteiger partial charge on any atom is -0.325 e. The second-order valence-electron chi connectivity index (χ2n) is 6.49. The molecule has 1 aliphatic rings. The molecule has 2 heterocycles. The molecule has 1 amide bonds. The highest BCUT2D eigenvalue weighted by Gasteiger charge is 2.12. The number of aryl methyl sites for hydroxylation is 1. The van der Waals surface area contributed by atoms with Crippen molar-refractivity contribution in [3.05, 3.63) is 28.4 Å². The normalized spacial score (nSPS) is 15.2. The number of hydrogen-bond donors (Lipinski definition) is 1. The van der Waals surface area contributed by atoms with Crippen LogP contribution in [0.15, 0.2) is 17.1 Å². The molecule has 1 fully saturated rings. The Balaban J connectivity index is 1.75. The highest BCUT2D eigenvalue weighted by atomic mass is 35.5. The number of aromatic nitrogens is 1. The van der Waals surface area contributed by atoms with Gasteiger partial charge in [0, 0.05) is 30.5 Å². The highest BCUT2D eigenvalue weighted by molar-refractivity contribution is 6.20. The smallest absolute Gasteiger partial charge is 0.286 e. The Labute approximate surface area is 162 Å². The van der Waals surface area contributed by atoms with E-state index >= 15 is 0 Å². The number of nitrogens with one attached hydrogen (secondary N) is 1. The molecular formula is C19H24ClF2N3O2. The number of carbonyl (C=O) groups is 1. The maximum Gasteiger partial charge on any atom is 0.286 e. The molecule has 5 nitrogen and oxygen atoms in total. The molecular weight excluding hydrogens is 376 g/mol. The van der Waals surface area contributed by atoms with Crippen molar-refractivity contribution in [2.45, 2.75) is 44.0 Å². The number of nitrogens with zero attached hydrogens (tertiary/aromatic N) is 2. The second-order valence-corrected chi connectivity index (χ2v) is 7.11. The van der Waals surface area contributed by atoms with Crippen LogP contribution >= 0.6 is 11.6 Å². The number of amides is 1. The summed E-state index contributed by atoms with van der Waals surface area (Å²) in [7, 11) is 0. The first-order chi connectivity index (χ1) is 13.0. The van der Waals surface area contributed by atoms with Crippen LogP contribution < -0.4 is 10.9 Å². The third-order valence-electron chi connectivity index (χ3n) is 4.29. The highest BCUT2D eigenvalue weighted by Crippen LogP contribution is 2.12. The van der Waals surface area contributed by atoms with E-state index in [0.717, 1.165) is 30.3 Å². The Hall–Kier alpha value is -1.91. The maximum atomic E-state index is 13.6. The van der Waals surface area contributed by atoms with Crippen molar-refractivity contribution in [2.75, 3.05) is 31.6 Å².